The first-order valence-corrected chi connectivity index (χ1v) is 19.0. The average Bonchev–Trinajstić information content (AvgIpc) is 3.06. The smallest absolute Gasteiger partial charge is 0.310 e. The molecule has 0 heterocycles. The predicted molar refractivity (Wildman–Crippen MR) is 203 cm³/mol. The van der Waals surface area contributed by atoms with Crippen LogP contribution in [0, 0.1) is 0 Å². The zero-order chi connectivity index (χ0) is 37.1. The molecule has 0 saturated carbocycles. The van der Waals surface area contributed by atoms with E-state index in [1.807, 2.05) is 6.08 Å². The molecule has 8 nitrogen and oxygen atoms in total. The van der Waals surface area contributed by atoms with Crippen molar-refractivity contribution in [2.24, 2.45) is 0 Å². The number of unbranched alkanes of at least 4 members (excludes halogenated alkanes) is 7. The van der Waals surface area contributed by atoms with Gasteiger partial charge in [0.05, 0.1) is 46.7 Å². The van der Waals surface area contributed by atoms with Gasteiger partial charge in [0.15, 0.2) is 6.10 Å². The maximum Gasteiger partial charge on any atom is 0.310 e. The van der Waals surface area contributed by atoms with Crippen molar-refractivity contribution in [1.29, 1.82) is 0 Å². The maximum absolute atomic E-state index is 12.6. The molecule has 0 saturated heterocycles. The lowest BCUT2D eigenvalue weighted by Crippen LogP contribution is -2.55. The Hall–Kier alpha value is -3.23. The number of aliphatic carboxylic acids is 1. The van der Waals surface area contributed by atoms with Gasteiger partial charge in [-0.25, -0.2) is 0 Å². The van der Waals surface area contributed by atoms with Gasteiger partial charge in [-0.2, -0.15) is 0 Å². The van der Waals surface area contributed by atoms with E-state index in [0.717, 1.165) is 70.6 Å². The van der Waals surface area contributed by atoms with Crippen molar-refractivity contribution in [2.45, 2.75) is 135 Å². The molecule has 0 aliphatic rings. The number of hydrogen-bond donors (Lipinski definition) is 0. The lowest BCUT2D eigenvalue weighted by atomic mass is 10.1. The van der Waals surface area contributed by atoms with Crippen LogP contribution >= 0.6 is 0 Å². The lowest BCUT2D eigenvalue weighted by molar-refractivity contribution is -0.889. The molecule has 0 radical (unpaired) electrons. The van der Waals surface area contributed by atoms with Gasteiger partial charge >= 0.3 is 11.9 Å². The molecule has 0 fully saturated rings. The third-order valence-electron chi connectivity index (χ3n) is 7.86. The summed E-state index contributed by atoms with van der Waals surface area (Å²) in [7, 11) is 5.35. The number of ether oxygens (including phenoxy) is 3. The summed E-state index contributed by atoms with van der Waals surface area (Å²) in [5.74, 6) is -1.92. The quantitative estimate of drug-likeness (QED) is 0.0301. The lowest BCUT2D eigenvalue weighted by Gasteiger charge is -2.34. The molecule has 0 bridgehead atoms. The molecule has 0 rings (SSSR count). The van der Waals surface area contributed by atoms with Crippen molar-refractivity contribution < 1.29 is 38.2 Å². The summed E-state index contributed by atoms with van der Waals surface area (Å²) in [6.07, 6.45) is 39.6. The molecule has 0 N–H and O–H groups in total. The molecule has 0 aromatic rings. The van der Waals surface area contributed by atoms with E-state index >= 15 is 0 Å². The van der Waals surface area contributed by atoms with Gasteiger partial charge in [-0.15, -0.1) is 0 Å². The largest absolute Gasteiger partial charge is 0.544 e. The second-order valence-electron chi connectivity index (χ2n) is 13.4. The molecular weight excluding hydrogens is 630 g/mol. The molecule has 0 amide bonds. The van der Waals surface area contributed by atoms with Crippen LogP contribution in [0.15, 0.2) is 72.9 Å². The summed E-state index contributed by atoms with van der Waals surface area (Å²) in [6.45, 7) is 4.35. The van der Waals surface area contributed by atoms with Crippen LogP contribution in [0.2, 0.25) is 0 Å². The van der Waals surface area contributed by atoms with Crippen LogP contribution in [0.5, 0.6) is 0 Å². The minimum Gasteiger partial charge on any atom is -0.544 e. The molecule has 50 heavy (non-hydrogen) atoms. The molecule has 0 aliphatic carbocycles. The summed E-state index contributed by atoms with van der Waals surface area (Å²) in [4.78, 5) is 36.6. The van der Waals surface area contributed by atoms with Crippen LogP contribution in [-0.4, -0.2) is 75.5 Å². The number of carboxylic acids is 1. The van der Waals surface area contributed by atoms with Gasteiger partial charge in [0.25, 0.3) is 0 Å². The van der Waals surface area contributed by atoms with E-state index in [4.69, 9.17) is 14.2 Å². The van der Waals surface area contributed by atoms with Crippen molar-refractivity contribution in [3.05, 3.63) is 72.9 Å². The van der Waals surface area contributed by atoms with E-state index in [1.54, 1.807) is 27.2 Å². The Balaban J connectivity index is 4.61. The van der Waals surface area contributed by atoms with E-state index in [9.17, 15) is 19.5 Å². The normalized spacial score (nSPS) is 13.9. The molecule has 0 spiro atoms. The highest BCUT2D eigenvalue weighted by Gasteiger charge is 2.25. The Labute approximate surface area is 304 Å². The zero-order valence-corrected chi connectivity index (χ0v) is 32.0. The second-order valence-corrected chi connectivity index (χ2v) is 13.4. The Morgan fingerprint density at radius 3 is 1.74 bits per heavy atom. The van der Waals surface area contributed by atoms with Gasteiger partial charge in [0.1, 0.15) is 12.6 Å². The minimum atomic E-state index is -1.14. The number of carbonyl (C=O) groups excluding carboxylic acids is 3. The molecular formula is C42H69NO7. The first kappa shape index (κ1) is 46.8. The Bertz CT molecular complexity index is 1050. The standard InChI is InChI=1S/C42H69NO7/c1-6-8-10-12-14-16-18-19-20-21-23-25-27-29-31-33-41(45)50-38(36-48-35-34-39(42(46)47)43(3,4)5)37-49-40(44)32-30-28-26-24-22-17-15-13-11-9-7-2/h8,10,13-16,19-20,23,25,29,31,38-39H,6-7,9,11-12,17-18,21-22,24,26-28,30,32-37H2,1-5H3/b10-8-,15-13-,16-14-,20-19-,25-23-,31-29-. The van der Waals surface area contributed by atoms with Crippen molar-refractivity contribution in [3.63, 3.8) is 0 Å². The predicted octanol–water partition coefficient (Wildman–Crippen LogP) is 8.29. The third-order valence-corrected chi connectivity index (χ3v) is 7.86. The van der Waals surface area contributed by atoms with E-state index in [0.29, 0.717) is 12.8 Å². The van der Waals surface area contributed by atoms with Crippen LogP contribution in [0.1, 0.15) is 123 Å². The number of carbonyl (C=O) groups is 3. The number of nitrogens with zero attached hydrogens (tertiary/aromatic N) is 1. The molecule has 8 heteroatoms. The van der Waals surface area contributed by atoms with Crippen LogP contribution in [0.25, 0.3) is 0 Å². The van der Waals surface area contributed by atoms with Crippen LogP contribution < -0.4 is 5.11 Å². The van der Waals surface area contributed by atoms with E-state index < -0.39 is 24.1 Å². The van der Waals surface area contributed by atoms with E-state index in [1.165, 1.54) is 12.8 Å². The number of rotatable bonds is 32. The average molecular weight is 700 g/mol. The Kier molecular flexibility index (Phi) is 30.8. The summed E-state index contributed by atoms with van der Waals surface area (Å²) in [6, 6.07) is -0.744. The molecule has 0 aromatic heterocycles. The number of quaternary nitrogens is 1. The highest BCUT2D eigenvalue weighted by atomic mass is 16.6. The van der Waals surface area contributed by atoms with Crippen molar-refractivity contribution in [3.8, 4) is 0 Å². The summed E-state index contributed by atoms with van der Waals surface area (Å²) in [5.41, 5.74) is 0. The SMILES string of the molecule is CC/C=C\C/C=C\C/C=C\C/C=C\C/C=C\CC(=O)OC(COCCC(C(=O)[O-])[N+](C)(C)C)COC(=O)CCCCCCC/C=C\CCCC. The van der Waals surface area contributed by atoms with Gasteiger partial charge in [0.2, 0.25) is 0 Å². The summed E-state index contributed by atoms with van der Waals surface area (Å²) in [5, 5.41) is 11.6. The number of likely N-dealkylation sites (N-methyl/N-ethyl adjacent to an activating group) is 1. The van der Waals surface area contributed by atoms with Gasteiger partial charge in [-0.05, 0) is 57.8 Å². The Morgan fingerprint density at radius 2 is 1.18 bits per heavy atom. The van der Waals surface area contributed by atoms with E-state index in [2.05, 4.69) is 74.6 Å². The molecule has 0 aliphatic heterocycles. The van der Waals surface area contributed by atoms with Crippen molar-refractivity contribution >= 4 is 17.9 Å². The van der Waals surface area contributed by atoms with Crippen LogP contribution in [0.4, 0.5) is 0 Å². The second kappa shape index (κ2) is 32.9. The maximum atomic E-state index is 12.6. The number of allylic oxidation sites excluding steroid dienone is 11. The Morgan fingerprint density at radius 1 is 0.640 bits per heavy atom. The molecule has 0 aromatic carbocycles. The molecule has 284 valence electrons. The van der Waals surface area contributed by atoms with Crippen molar-refractivity contribution in [2.75, 3.05) is 41.0 Å². The van der Waals surface area contributed by atoms with Crippen molar-refractivity contribution in [1.82, 2.24) is 0 Å². The highest BCUT2D eigenvalue weighted by molar-refractivity contribution is 5.71. The van der Waals surface area contributed by atoms with E-state index in [-0.39, 0.29) is 43.1 Å². The van der Waals surface area contributed by atoms with Gasteiger partial charge in [-0.3, -0.25) is 9.59 Å². The van der Waals surface area contributed by atoms with Crippen LogP contribution in [0.3, 0.4) is 0 Å². The topological polar surface area (TPSA) is 102 Å². The molecule has 2 atom stereocenters. The number of esters is 2. The fourth-order valence-electron chi connectivity index (χ4n) is 4.89. The number of hydrogen-bond acceptors (Lipinski definition) is 7. The van der Waals surface area contributed by atoms with Gasteiger partial charge in [0, 0.05) is 12.8 Å². The number of carboxylic acid groups (broad SMARTS) is 1. The fourth-order valence-corrected chi connectivity index (χ4v) is 4.89. The van der Waals surface area contributed by atoms with Gasteiger partial charge < -0.3 is 28.6 Å². The molecule has 2 unspecified atom stereocenters. The first-order chi connectivity index (χ1) is 24.1. The van der Waals surface area contributed by atoms with Gasteiger partial charge in [-0.1, -0.05) is 119 Å². The highest BCUT2D eigenvalue weighted by Crippen LogP contribution is 2.11. The minimum absolute atomic E-state index is 0.00547. The zero-order valence-electron chi connectivity index (χ0n) is 32.0. The summed E-state index contributed by atoms with van der Waals surface area (Å²) < 4.78 is 16.9. The fraction of sp³-hybridized carbons (Fsp3) is 0.643. The monoisotopic (exact) mass is 700 g/mol. The summed E-state index contributed by atoms with van der Waals surface area (Å²) >= 11 is 0. The van der Waals surface area contributed by atoms with Crippen LogP contribution in [-0.2, 0) is 28.6 Å². The first-order valence-electron chi connectivity index (χ1n) is 19.0. The third kappa shape index (κ3) is 30.8.